The molecular weight excluding hydrogens is 221 g/mol. The molecule has 1 rings (SSSR count). The number of benzene rings is 1. The monoisotopic (exact) mass is 233 g/mol. The first-order valence-corrected chi connectivity index (χ1v) is 5.21. The summed E-state index contributed by atoms with van der Waals surface area (Å²) in [4.78, 5) is 2.04. The van der Waals surface area contributed by atoms with Crippen LogP contribution in [0, 0.1) is 0 Å². The van der Waals surface area contributed by atoms with Crippen LogP contribution in [0.25, 0.3) is 0 Å². The number of ether oxygens (including phenoxy) is 1. The van der Waals surface area contributed by atoms with Crippen molar-refractivity contribution in [2.24, 2.45) is 0 Å². The molecule has 78 valence electrons. The number of halogens is 2. The van der Waals surface area contributed by atoms with Crippen LogP contribution in [-0.4, -0.2) is 26.6 Å². The lowest BCUT2D eigenvalue weighted by Crippen LogP contribution is -2.19. The highest BCUT2D eigenvalue weighted by Crippen LogP contribution is 2.28. The van der Waals surface area contributed by atoms with Crippen LogP contribution in [-0.2, 0) is 0 Å². The summed E-state index contributed by atoms with van der Waals surface area (Å²) in [6.45, 7) is 0.796. The van der Waals surface area contributed by atoms with E-state index >= 15 is 0 Å². The van der Waals surface area contributed by atoms with E-state index in [4.69, 9.17) is 27.9 Å². The van der Waals surface area contributed by atoms with Gasteiger partial charge in [-0.15, -0.1) is 11.6 Å². The lowest BCUT2D eigenvalue weighted by Gasteiger charge is -2.18. The molecule has 2 nitrogen and oxygen atoms in total. The summed E-state index contributed by atoms with van der Waals surface area (Å²) in [6.07, 6.45) is 0. The smallest absolute Gasteiger partial charge is 0.137 e. The van der Waals surface area contributed by atoms with Crippen molar-refractivity contribution in [3.05, 3.63) is 23.2 Å². The maximum atomic E-state index is 5.99. The normalized spacial score (nSPS) is 10.0. The molecule has 0 spiro atoms. The van der Waals surface area contributed by atoms with Crippen molar-refractivity contribution in [2.75, 3.05) is 31.5 Å². The van der Waals surface area contributed by atoms with Gasteiger partial charge in [0.05, 0.1) is 12.1 Å². The summed E-state index contributed by atoms with van der Waals surface area (Å²) in [7, 11) is 3.57. The highest BCUT2D eigenvalue weighted by atomic mass is 35.5. The second-order valence-corrected chi connectivity index (χ2v) is 3.71. The summed E-state index contributed by atoms with van der Waals surface area (Å²) in [5.41, 5.74) is 1.04. The molecule has 0 fully saturated rings. The third kappa shape index (κ3) is 2.69. The zero-order chi connectivity index (χ0) is 10.6. The summed E-state index contributed by atoms with van der Waals surface area (Å²) < 4.78 is 5.06. The van der Waals surface area contributed by atoms with E-state index in [0.717, 1.165) is 12.2 Å². The Hall–Kier alpha value is -0.600. The van der Waals surface area contributed by atoms with Crippen molar-refractivity contribution in [3.63, 3.8) is 0 Å². The molecule has 0 radical (unpaired) electrons. The van der Waals surface area contributed by atoms with Crippen LogP contribution >= 0.6 is 23.2 Å². The van der Waals surface area contributed by atoms with Crippen molar-refractivity contribution in [2.45, 2.75) is 0 Å². The van der Waals surface area contributed by atoms with Crippen LogP contribution in [0.5, 0.6) is 5.75 Å². The van der Waals surface area contributed by atoms with Gasteiger partial charge < -0.3 is 9.64 Å². The molecule has 0 aliphatic rings. The number of methoxy groups -OCH3 is 1. The number of anilines is 1. The lowest BCUT2D eigenvalue weighted by atomic mass is 10.3. The molecular formula is C10H13Cl2NO. The van der Waals surface area contributed by atoms with Crippen LogP contribution < -0.4 is 9.64 Å². The fourth-order valence-electron chi connectivity index (χ4n) is 1.15. The minimum absolute atomic E-state index is 0.597. The Kier molecular flexibility index (Phi) is 4.36. The number of alkyl halides is 1. The first kappa shape index (κ1) is 11.5. The van der Waals surface area contributed by atoms with E-state index in [1.165, 1.54) is 0 Å². The van der Waals surface area contributed by atoms with Crippen molar-refractivity contribution >= 4 is 28.9 Å². The van der Waals surface area contributed by atoms with E-state index in [0.29, 0.717) is 16.7 Å². The average molecular weight is 234 g/mol. The zero-order valence-corrected chi connectivity index (χ0v) is 9.77. The average Bonchev–Trinajstić information content (AvgIpc) is 2.18. The number of rotatable bonds is 4. The van der Waals surface area contributed by atoms with Crippen molar-refractivity contribution in [1.82, 2.24) is 0 Å². The van der Waals surface area contributed by atoms with E-state index in [9.17, 15) is 0 Å². The first-order valence-electron chi connectivity index (χ1n) is 4.29. The Morgan fingerprint density at radius 1 is 1.43 bits per heavy atom. The van der Waals surface area contributed by atoms with E-state index in [2.05, 4.69) is 0 Å². The second-order valence-electron chi connectivity index (χ2n) is 2.93. The molecule has 0 N–H and O–H groups in total. The summed E-state index contributed by atoms with van der Waals surface area (Å²) in [5, 5.41) is 0.617. The van der Waals surface area contributed by atoms with Crippen LogP contribution in [0.3, 0.4) is 0 Å². The molecule has 0 amide bonds. The third-order valence-electron chi connectivity index (χ3n) is 2.00. The molecule has 1 aromatic carbocycles. The highest BCUT2D eigenvalue weighted by Gasteiger charge is 2.04. The predicted molar refractivity (Wildman–Crippen MR) is 62.0 cm³/mol. The molecule has 0 atom stereocenters. The Bertz CT molecular complexity index is 304. The van der Waals surface area contributed by atoms with E-state index in [1.54, 1.807) is 7.11 Å². The van der Waals surface area contributed by atoms with Gasteiger partial charge in [-0.3, -0.25) is 0 Å². The molecule has 0 aromatic heterocycles. The maximum Gasteiger partial charge on any atom is 0.137 e. The van der Waals surface area contributed by atoms with Gasteiger partial charge in [-0.1, -0.05) is 11.6 Å². The Balaban J connectivity index is 2.85. The standard InChI is InChI=1S/C10H13Cl2NO/c1-13(6-5-11)8-3-4-10(14-2)9(12)7-8/h3-4,7H,5-6H2,1-2H3. The predicted octanol–water partition coefficient (Wildman–Crippen LogP) is 3.02. The zero-order valence-electron chi connectivity index (χ0n) is 8.26. The van der Waals surface area contributed by atoms with Crippen molar-refractivity contribution < 1.29 is 4.74 Å². The van der Waals surface area contributed by atoms with Gasteiger partial charge in [-0.2, -0.15) is 0 Å². The molecule has 1 aromatic rings. The van der Waals surface area contributed by atoms with Gasteiger partial charge >= 0.3 is 0 Å². The molecule has 0 bridgehead atoms. The molecule has 0 heterocycles. The maximum absolute atomic E-state index is 5.99. The minimum atomic E-state index is 0.597. The van der Waals surface area contributed by atoms with Gasteiger partial charge in [-0.25, -0.2) is 0 Å². The third-order valence-corrected chi connectivity index (χ3v) is 2.46. The molecule has 4 heteroatoms. The molecule has 0 unspecified atom stereocenters. The molecule has 14 heavy (non-hydrogen) atoms. The Labute approximate surface area is 94.4 Å². The quantitative estimate of drug-likeness (QED) is 0.742. The second kappa shape index (κ2) is 5.32. The van der Waals surface area contributed by atoms with Crippen molar-refractivity contribution in [1.29, 1.82) is 0 Å². The van der Waals surface area contributed by atoms with Crippen LogP contribution in [0.4, 0.5) is 5.69 Å². The number of hydrogen-bond acceptors (Lipinski definition) is 2. The fourth-order valence-corrected chi connectivity index (χ4v) is 1.65. The van der Waals surface area contributed by atoms with Gasteiger partial charge in [0, 0.05) is 25.2 Å². The summed E-state index contributed by atoms with van der Waals surface area (Å²) >= 11 is 11.6. The topological polar surface area (TPSA) is 12.5 Å². The number of hydrogen-bond donors (Lipinski definition) is 0. The van der Waals surface area contributed by atoms with Crippen LogP contribution in [0.15, 0.2) is 18.2 Å². The van der Waals surface area contributed by atoms with Crippen LogP contribution in [0.1, 0.15) is 0 Å². The van der Waals surface area contributed by atoms with Gasteiger partial charge in [0.25, 0.3) is 0 Å². The number of nitrogens with zero attached hydrogens (tertiary/aromatic N) is 1. The first-order chi connectivity index (χ1) is 6.69. The SMILES string of the molecule is COc1ccc(N(C)CCCl)cc1Cl. The van der Waals surface area contributed by atoms with Crippen molar-refractivity contribution in [3.8, 4) is 5.75 Å². The summed E-state index contributed by atoms with van der Waals surface area (Å²) in [6, 6.07) is 5.67. The molecule has 0 saturated heterocycles. The lowest BCUT2D eigenvalue weighted by molar-refractivity contribution is 0.415. The Morgan fingerprint density at radius 3 is 2.64 bits per heavy atom. The Morgan fingerprint density at radius 2 is 2.14 bits per heavy atom. The summed E-state index contributed by atoms with van der Waals surface area (Å²) in [5.74, 6) is 1.29. The largest absolute Gasteiger partial charge is 0.495 e. The van der Waals surface area contributed by atoms with Gasteiger partial charge in [0.1, 0.15) is 5.75 Å². The molecule has 0 aliphatic heterocycles. The van der Waals surface area contributed by atoms with E-state index in [-0.39, 0.29) is 0 Å². The van der Waals surface area contributed by atoms with Gasteiger partial charge in [0.15, 0.2) is 0 Å². The fraction of sp³-hybridized carbons (Fsp3) is 0.400. The molecule has 0 saturated carbocycles. The van der Waals surface area contributed by atoms with Crippen LogP contribution in [0.2, 0.25) is 5.02 Å². The minimum Gasteiger partial charge on any atom is -0.495 e. The van der Waals surface area contributed by atoms with E-state index < -0.39 is 0 Å². The molecule has 0 aliphatic carbocycles. The van der Waals surface area contributed by atoms with Gasteiger partial charge in [-0.05, 0) is 18.2 Å². The van der Waals surface area contributed by atoms with Gasteiger partial charge in [0.2, 0.25) is 0 Å². The highest BCUT2D eigenvalue weighted by molar-refractivity contribution is 6.32. The van der Waals surface area contributed by atoms with E-state index in [1.807, 2.05) is 30.1 Å².